The molecule has 2 unspecified atom stereocenters. The maximum Gasteiger partial charge on any atom is 0.329 e. The zero-order valence-corrected chi connectivity index (χ0v) is 13.8. The van der Waals surface area contributed by atoms with Crippen molar-refractivity contribution in [3.63, 3.8) is 0 Å². The van der Waals surface area contributed by atoms with E-state index in [4.69, 9.17) is 21.1 Å². The Bertz CT molecular complexity index is 759. The Morgan fingerprint density at radius 1 is 1.29 bits per heavy atom. The highest BCUT2D eigenvalue weighted by atomic mass is 35.5. The van der Waals surface area contributed by atoms with E-state index in [1.54, 1.807) is 6.08 Å². The summed E-state index contributed by atoms with van der Waals surface area (Å²) < 4.78 is 11.8. The minimum absolute atomic E-state index is 0.184. The average Bonchev–Trinajstić information content (AvgIpc) is 2.76. The van der Waals surface area contributed by atoms with Crippen molar-refractivity contribution in [3.05, 3.63) is 53.4 Å². The fourth-order valence-corrected chi connectivity index (χ4v) is 3.74. The number of carboxylic acids is 1. The first-order valence-corrected chi connectivity index (χ1v) is 8.34. The number of rotatable bonds is 1. The maximum atomic E-state index is 11.4. The van der Waals surface area contributed by atoms with Crippen LogP contribution >= 0.6 is 11.6 Å². The molecular weight excluding hydrogens is 330 g/mol. The first-order valence-electron chi connectivity index (χ1n) is 7.96. The van der Waals surface area contributed by atoms with Crippen LogP contribution < -0.4 is 10.1 Å². The van der Waals surface area contributed by atoms with Crippen LogP contribution in [0.25, 0.3) is 0 Å². The second-order valence-corrected chi connectivity index (χ2v) is 7.21. The van der Waals surface area contributed by atoms with Gasteiger partial charge in [-0.1, -0.05) is 18.2 Å². The van der Waals surface area contributed by atoms with Gasteiger partial charge in [-0.3, -0.25) is 0 Å². The first-order chi connectivity index (χ1) is 11.5. The van der Waals surface area contributed by atoms with Gasteiger partial charge in [0.25, 0.3) is 0 Å². The number of carbonyl (C=O) groups is 1. The van der Waals surface area contributed by atoms with E-state index >= 15 is 0 Å². The van der Waals surface area contributed by atoms with Crippen molar-refractivity contribution in [2.45, 2.75) is 23.1 Å². The summed E-state index contributed by atoms with van der Waals surface area (Å²) in [7, 11) is 0. The number of alkyl halides is 1. The van der Waals surface area contributed by atoms with Crippen molar-refractivity contribution in [1.29, 1.82) is 0 Å². The fraction of sp³-hybridized carbons (Fsp3) is 0.389. The van der Waals surface area contributed by atoms with Crippen LogP contribution in [0, 0.1) is 0 Å². The van der Waals surface area contributed by atoms with Gasteiger partial charge in [-0.05, 0) is 24.6 Å². The molecule has 0 saturated carbocycles. The quantitative estimate of drug-likeness (QED) is 0.764. The van der Waals surface area contributed by atoms with Crippen LogP contribution in [0.3, 0.4) is 0 Å². The van der Waals surface area contributed by atoms with E-state index in [9.17, 15) is 9.90 Å². The van der Waals surface area contributed by atoms with E-state index in [2.05, 4.69) is 11.4 Å². The van der Waals surface area contributed by atoms with Crippen molar-refractivity contribution in [2.75, 3.05) is 19.8 Å². The number of halogens is 1. The number of carboxylic acid groups (broad SMARTS) is 1. The summed E-state index contributed by atoms with van der Waals surface area (Å²) in [5, 5.41) is 12.7. The van der Waals surface area contributed by atoms with E-state index in [0.29, 0.717) is 25.5 Å². The molecule has 0 fully saturated rings. The highest BCUT2D eigenvalue weighted by Gasteiger charge is 2.43. The smallest absolute Gasteiger partial charge is 0.329 e. The Labute approximate surface area is 144 Å². The lowest BCUT2D eigenvalue weighted by Crippen LogP contribution is -2.44. The Morgan fingerprint density at radius 3 is 2.96 bits per heavy atom. The number of ether oxygens (including phenoxy) is 2. The molecule has 1 spiro atoms. The van der Waals surface area contributed by atoms with Crippen LogP contribution in [0.15, 0.2) is 47.9 Å². The number of nitrogens with one attached hydrogen (secondary N) is 1. The highest BCUT2D eigenvalue weighted by Crippen LogP contribution is 2.42. The summed E-state index contributed by atoms with van der Waals surface area (Å²) in [6.45, 7) is 1.82. The number of allylic oxidation sites excluding steroid dienone is 2. The van der Waals surface area contributed by atoms with Crippen molar-refractivity contribution in [2.24, 2.45) is 0 Å². The van der Waals surface area contributed by atoms with E-state index < -0.39 is 10.8 Å². The molecule has 126 valence electrons. The zero-order chi connectivity index (χ0) is 16.8. The summed E-state index contributed by atoms with van der Waals surface area (Å²) in [5.41, 5.74) is 1.68. The predicted molar refractivity (Wildman–Crippen MR) is 89.2 cm³/mol. The summed E-state index contributed by atoms with van der Waals surface area (Å²) in [6.07, 6.45) is 4.18. The molecule has 5 nitrogen and oxygen atoms in total. The summed E-state index contributed by atoms with van der Waals surface area (Å²) in [4.78, 5) is 9.99. The molecule has 4 rings (SSSR count). The van der Waals surface area contributed by atoms with Crippen molar-refractivity contribution < 1.29 is 19.4 Å². The molecule has 6 heteroatoms. The van der Waals surface area contributed by atoms with E-state index in [0.717, 1.165) is 23.4 Å². The van der Waals surface area contributed by atoms with Crippen LogP contribution in [0.4, 0.5) is 0 Å². The monoisotopic (exact) mass is 347 g/mol. The second-order valence-electron chi connectivity index (χ2n) is 6.54. The second kappa shape index (κ2) is 5.45. The molecule has 1 aromatic carbocycles. The van der Waals surface area contributed by atoms with Gasteiger partial charge < -0.3 is 19.9 Å². The molecule has 2 N–H and O–H groups in total. The molecule has 0 bridgehead atoms. The SMILES string of the molecule is O=C(O)C1(Cl)C=CC2=C(C1)NCC1(CCOc3ccccc31)CO2. The fourth-order valence-electron chi connectivity index (χ4n) is 3.54. The molecule has 2 heterocycles. The van der Waals surface area contributed by atoms with Gasteiger partial charge in [-0.15, -0.1) is 11.6 Å². The summed E-state index contributed by atoms with van der Waals surface area (Å²) in [6, 6.07) is 8.01. The zero-order valence-electron chi connectivity index (χ0n) is 13.0. The standard InChI is InChI=1S/C18H18ClNO4/c19-18(16(21)22)6-5-15-13(9-18)20-10-17(11-24-15)7-8-23-14-4-2-1-3-12(14)17/h1-6,20H,7-11H2,(H,21,22). The third kappa shape index (κ3) is 2.35. The Balaban J connectivity index is 1.63. The summed E-state index contributed by atoms with van der Waals surface area (Å²) in [5.74, 6) is 0.513. The minimum Gasteiger partial charge on any atom is -0.493 e. The molecule has 3 aliphatic rings. The number of aliphatic carboxylic acids is 1. The molecule has 1 aromatic rings. The van der Waals surface area contributed by atoms with Crippen LogP contribution in [0.5, 0.6) is 5.75 Å². The first kappa shape index (κ1) is 15.4. The number of hydrogen-bond donors (Lipinski definition) is 2. The largest absolute Gasteiger partial charge is 0.493 e. The third-order valence-corrected chi connectivity index (χ3v) is 5.45. The average molecular weight is 348 g/mol. The van der Waals surface area contributed by atoms with Gasteiger partial charge in [0, 0.05) is 18.5 Å². The van der Waals surface area contributed by atoms with E-state index in [1.807, 2.05) is 18.2 Å². The van der Waals surface area contributed by atoms with E-state index in [1.165, 1.54) is 6.08 Å². The molecule has 0 saturated heterocycles. The van der Waals surface area contributed by atoms with Gasteiger partial charge >= 0.3 is 5.97 Å². The minimum atomic E-state index is -1.42. The topological polar surface area (TPSA) is 67.8 Å². The van der Waals surface area contributed by atoms with Gasteiger partial charge in [0.2, 0.25) is 0 Å². The number of hydrogen-bond acceptors (Lipinski definition) is 4. The Hall–Kier alpha value is -2.14. The van der Waals surface area contributed by atoms with Gasteiger partial charge in [0.1, 0.15) is 11.5 Å². The van der Waals surface area contributed by atoms with Gasteiger partial charge in [-0.2, -0.15) is 0 Å². The Kier molecular flexibility index (Phi) is 3.49. The molecule has 24 heavy (non-hydrogen) atoms. The predicted octanol–water partition coefficient (Wildman–Crippen LogP) is 2.56. The van der Waals surface area contributed by atoms with Crippen LogP contribution in [0.1, 0.15) is 18.4 Å². The van der Waals surface area contributed by atoms with Gasteiger partial charge in [0.15, 0.2) is 4.87 Å². The van der Waals surface area contributed by atoms with Crippen molar-refractivity contribution >= 4 is 17.6 Å². The summed E-state index contributed by atoms with van der Waals surface area (Å²) >= 11 is 6.21. The molecule has 0 aromatic heterocycles. The van der Waals surface area contributed by atoms with Crippen LogP contribution in [-0.4, -0.2) is 35.7 Å². The van der Waals surface area contributed by atoms with Crippen LogP contribution in [-0.2, 0) is 14.9 Å². The number of fused-ring (bicyclic) bond motifs is 2. The number of benzene rings is 1. The number of para-hydroxylation sites is 1. The van der Waals surface area contributed by atoms with Crippen LogP contribution in [0.2, 0.25) is 0 Å². The molecular formula is C18H18ClNO4. The molecule has 0 amide bonds. The lowest BCUT2D eigenvalue weighted by atomic mass is 9.76. The molecule has 2 aliphatic heterocycles. The Morgan fingerprint density at radius 2 is 2.12 bits per heavy atom. The maximum absolute atomic E-state index is 11.4. The normalized spacial score (nSPS) is 31.2. The molecule has 2 atom stereocenters. The van der Waals surface area contributed by atoms with Crippen molar-refractivity contribution in [1.82, 2.24) is 5.32 Å². The van der Waals surface area contributed by atoms with Gasteiger partial charge in [-0.25, -0.2) is 4.79 Å². The lowest BCUT2D eigenvalue weighted by Gasteiger charge is -2.37. The van der Waals surface area contributed by atoms with Crippen molar-refractivity contribution in [3.8, 4) is 5.75 Å². The lowest BCUT2D eigenvalue weighted by molar-refractivity contribution is -0.138. The molecule has 1 aliphatic carbocycles. The highest BCUT2D eigenvalue weighted by molar-refractivity contribution is 6.35. The van der Waals surface area contributed by atoms with Gasteiger partial charge in [0.05, 0.1) is 24.3 Å². The molecule has 0 radical (unpaired) electrons. The third-order valence-electron chi connectivity index (χ3n) is 5.03. The van der Waals surface area contributed by atoms with E-state index in [-0.39, 0.29) is 11.8 Å².